The van der Waals surface area contributed by atoms with E-state index >= 15 is 0 Å². The number of carbonyl (C=O) groups is 1. The Morgan fingerprint density at radius 2 is 1.87 bits per heavy atom. The van der Waals surface area contributed by atoms with Gasteiger partial charge in [0.05, 0.1) is 35.4 Å². The lowest BCUT2D eigenvalue weighted by atomic mass is 9.91. The Morgan fingerprint density at radius 1 is 1.18 bits per heavy atom. The third kappa shape index (κ3) is 5.52. The van der Waals surface area contributed by atoms with Crippen molar-refractivity contribution in [1.82, 2.24) is 15.3 Å². The van der Waals surface area contributed by atoms with Crippen LogP contribution in [0.2, 0.25) is 25.7 Å². The standard InChI is InChI=1S/C26H33F3N4O4SSi/c1-39(2,3)13-12-37-24(34)32-25(15-38(35,36)16-25)18-6-4-17(5-7-18)21-20-8-10-26(28,29)22(20)31-23(30-21)33-11-9-19(33)14-27/h4-7,19H,8-16H2,1-3H3,(H,32,34)/t19-/m1/s1. The fraction of sp³-hybridized carbons (Fsp3) is 0.577. The van der Waals surface area contributed by atoms with Crippen LogP contribution in [0, 0.1) is 0 Å². The summed E-state index contributed by atoms with van der Waals surface area (Å²) in [5.41, 5.74) is 0.394. The SMILES string of the molecule is C[Si](C)(C)CCOC(=O)NC1(c2ccc(-c3nc(N4CC[C@@H]4CF)nc4c3CCC4(F)F)cc2)CS(=O)(=O)C1. The monoisotopic (exact) mass is 582 g/mol. The first kappa shape index (κ1) is 27.9. The van der Waals surface area contributed by atoms with Gasteiger partial charge in [-0.05, 0) is 24.4 Å². The fourth-order valence-corrected chi connectivity index (χ4v) is 7.90. The van der Waals surface area contributed by atoms with Crippen LogP contribution in [0.15, 0.2) is 24.3 Å². The molecule has 0 saturated carbocycles. The predicted molar refractivity (Wildman–Crippen MR) is 144 cm³/mol. The van der Waals surface area contributed by atoms with Gasteiger partial charge >= 0.3 is 6.09 Å². The second-order valence-corrected chi connectivity index (χ2v) is 19.6. The molecule has 2 fully saturated rings. The summed E-state index contributed by atoms with van der Waals surface area (Å²) >= 11 is 0. The van der Waals surface area contributed by atoms with Crippen LogP contribution in [0.4, 0.5) is 23.9 Å². The van der Waals surface area contributed by atoms with Gasteiger partial charge in [0.25, 0.3) is 5.92 Å². The summed E-state index contributed by atoms with van der Waals surface area (Å²) in [6.07, 6.45) is -0.331. The van der Waals surface area contributed by atoms with Crippen LogP contribution >= 0.6 is 0 Å². The second-order valence-electron chi connectivity index (χ2n) is 12.0. The number of carbonyl (C=O) groups excluding carboxylic acids is 1. The number of nitrogens with one attached hydrogen (secondary N) is 1. The Bertz CT molecular complexity index is 1370. The van der Waals surface area contributed by atoms with Gasteiger partial charge in [-0.25, -0.2) is 27.6 Å². The highest BCUT2D eigenvalue weighted by atomic mass is 32.2. The molecule has 0 radical (unpaired) electrons. The number of anilines is 1. The molecular formula is C26H33F3N4O4SSi. The minimum atomic E-state index is -3.33. The maximum Gasteiger partial charge on any atom is 0.407 e. The van der Waals surface area contributed by atoms with E-state index < -0.39 is 48.2 Å². The highest BCUT2D eigenvalue weighted by molar-refractivity contribution is 7.93. The summed E-state index contributed by atoms with van der Waals surface area (Å²) in [5.74, 6) is -3.53. The van der Waals surface area contributed by atoms with Crippen molar-refractivity contribution in [2.45, 2.75) is 62.5 Å². The van der Waals surface area contributed by atoms with Crippen LogP contribution in [0.1, 0.15) is 29.7 Å². The zero-order valence-electron chi connectivity index (χ0n) is 22.3. The molecule has 1 aliphatic carbocycles. The van der Waals surface area contributed by atoms with Crippen molar-refractivity contribution < 1.29 is 31.1 Å². The molecule has 5 rings (SSSR count). The largest absolute Gasteiger partial charge is 0.450 e. The highest BCUT2D eigenvalue weighted by Crippen LogP contribution is 2.45. The van der Waals surface area contributed by atoms with E-state index in [4.69, 9.17) is 4.74 Å². The van der Waals surface area contributed by atoms with Gasteiger partial charge < -0.3 is 15.0 Å². The van der Waals surface area contributed by atoms with E-state index in [-0.39, 0.29) is 42.6 Å². The van der Waals surface area contributed by atoms with Crippen molar-refractivity contribution in [3.05, 3.63) is 41.1 Å². The lowest BCUT2D eigenvalue weighted by molar-refractivity contribution is -0.00596. The number of aromatic nitrogens is 2. The quantitative estimate of drug-likeness (QED) is 0.460. The molecule has 0 bridgehead atoms. The molecule has 0 unspecified atom stereocenters. The van der Waals surface area contributed by atoms with Gasteiger partial charge in [0.1, 0.15) is 12.4 Å². The van der Waals surface area contributed by atoms with Crippen LogP contribution in [0.3, 0.4) is 0 Å². The van der Waals surface area contributed by atoms with Crippen LogP contribution < -0.4 is 10.2 Å². The van der Waals surface area contributed by atoms with Gasteiger partial charge in [-0.2, -0.15) is 8.78 Å². The van der Waals surface area contributed by atoms with Gasteiger partial charge in [0, 0.05) is 32.2 Å². The highest BCUT2D eigenvalue weighted by Gasteiger charge is 2.51. The van der Waals surface area contributed by atoms with Crippen molar-refractivity contribution in [2.24, 2.45) is 0 Å². The van der Waals surface area contributed by atoms with Gasteiger partial charge in [-0.3, -0.25) is 0 Å². The fourth-order valence-electron chi connectivity index (χ4n) is 5.29. The number of hydrogen-bond donors (Lipinski definition) is 1. The van der Waals surface area contributed by atoms with E-state index in [1.807, 2.05) is 0 Å². The van der Waals surface area contributed by atoms with Crippen LogP contribution in [-0.2, 0) is 32.5 Å². The minimum absolute atomic E-state index is 0.0904. The molecule has 2 aliphatic heterocycles. The number of sulfone groups is 1. The molecule has 212 valence electrons. The number of rotatable bonds is 8. The molecule has 1 amide bonds. The second kappa shape index (κ2) is 9.75. The topological polar surface area (TPSA) is 101 Å². The molecule has 1 N–H and O–H groups in total. The Hall–Kier alpha value is -2.67. The third-order valence-corrected chi connectivity index (χ3v) is 11.2. The van der Waals surface area contributed by atoms with E-state index in [1.54, 1.807) is 29.2 Å². The van der Waals surface area contributed by atoms with Crippen molar-refractivity contribution in [2.75, 3.05) is 36.2 Å². The van der Waals surface area contributed by atoms with E-state index in [2.05, 4.69) is 34.9 Å². The number of nitrogens with zero attached hydrogens (tertiary/aromatic N) is 3. The molecule has 2 aromatic rings. The van der Waals surface area contributed by atoms with Crippen molar-refractivity contribution in [1.29, 1.82) is 0 Å². The molecule has 2 saturated heterocycles. The maximum atomic E-state index is 14.7. The average Bonchev–Trinajstić information content (AvgIpc) is 3.10. The Morgan fingerprint density at radius 3 is 2.44 bits per heavy atom. The summed E-state index contributed by atoms with van der Waals surface area (Å²) in [5, 5.41) is 2.76. The number of alkyl halides is 3. The number of alkyl carbamates (subject to hydrolysis) is 1. The normalized spacial score (nSPS) is 22.4. The zero-order valence-corrected chi connectivity index (χ0v) is 24.1. The molecule has 0 spiro atoms. The summed E-state index contributed by atoms with van der Waals surface area (Å²) in [6.45, 7) is 6.63. The van der Waals surface area contributed by atoms with E-state index in [9.17, 15) is 26.4 Å². The number of amides is 1. The van der Waals surface area contributed by atoms with Crippen molar-refractivity contribution in [3.63, 3.8) is 0 Å². The Kier molecular flexibility index (Phi) is 6.97. The van der Waals surface area contributed by atoms with E-state index in [0.717, 1.165) is 6.04 Å². The van der Waals surface area contributed by atoms with Gasteiger partial charge in [-0.15, -0.1) is 0 Å². The predicted octanol–water partition coefficient (Wildman–Crippen LogP) is 4.42. The number of halogens is 3. The Balaban J connectivity index is 1.43. The Labute approximate surface area is 227 Å². The molecule has 1 aromatic heterocycles. The first-order valence-electron chi connectivity index (χ1n) is 13.1. The molecular weight excluding hydrogens is 549 g/mol. The van der Waals surface area contributed by atoms with Crippen LogP contribution in [0.5, 0.6) is 0 Å². The first-order chi connectivity index (χ1) is 18.2. The number of fused-ring (bicyclic) bond motifs is 1. The van der Waals surface area contributed by atoms with Crippen molar-refractivity contribution >= 4 is 30.0 Å². The van der Waals surface area contributed by atoms with Crippen molar-refractivity contribution in [3.8, 4) is 11.3 Å². The van der Waals surface area contributed by atoms with Crippen LogP contribution in [0.25, 0.3) is 11.3 Å². The lowest BCUT2D eigenvalue weighted by Crippen LogP contribution is -2.62. The van der Waals surface area contributed by atoms with Gasteiger partial charge in [-0.1, -0.05) is 43.9 Å². The smallest absolute Gasteiger partial charge is 0.407 e. The summed E-state index contributed by atoms with van der Waals surface area (Å²) in [6, 6.07) is 7.10. The molecule has 1 aromatic carbocycles. The molecule has 39 heavy (non-hydrogen) atoms. The van der Waals surface area contributed by atoms with Crippen LogP contribution in [-0.4, -0.2) is 69.9 Å². The van der Waals surface area contributed by atoms with E-state index in [0.29, 0.717) is 35.3 Å². The third-order valence-electron chi connectivity index (χ3n) is 7.68. The summed E-state index contributed by atoms with van der Waals surface area (Å²) in [7, 11) is -4.75. The summed E-state index contributed by atoms with van der Waals surface area (Å²) < 4.78 is 72.4. The number of hydrogen-bond acceptors (Lipinski definition) is 7. The van der Waals surface area contributed by atoms with Gasteiger partial charge in [0.2, 0.25) is 5.95 Å². The molecule has 3 aliphatic rings. The maximum absolute atomic E-state index is 14.7. The molecule has 1 atom stereocenters. The zero-order chi connectivity index (χ0) is 28.2. The minimum Gasteiger partial charge on any atom is -0.450 e. The first-order valence-corrected chi connectivity index (χ1v) is 18.6. The van der Waals surface area contributed by atoms with E-state index in [1.165, 1.54) is 0 Å². The number of benzene rings is 1. The molecule has 8 nitrogen and oxygen atoms in total. The molecule has 3 heterocycles. The van der Waals surface area contributed by atoms with Gasteiger partial charge in [0.15, 0.2) is 9.84 Å². The lowest BCUT2D eigenvalue weighted by Gasteiger charge is -2.41. The molecule has 13 heteroatoms. The summed E-state index contributed by atoms with van der Waals surface area (Å²) in [4.78, 5) is 22.9. The average molecular weight is 583 g/mol. The number of ether oxygens (including phenoxy) is 1.